The first-order chi connectivity index (χ1) is 11.7. The van der Waals surface area contributed by atoms with Gasteiger partial charge >= 0.3 is 0 Å². The highest BCUT2D eigenvalue weighted by molar-refractivity contribution is 9.10. The van der Waals surface area contributed by atoms with Crippen molar-refractivity contribution in [2.75, 3.05) is 0 Å². The fourth-order valence-corrected chi connectivity index (χ4v) is 3.64. The van der Waals surface area contributed by atoms with Crippen molar-refractivity contribution < 1.29 is 4.79 Å². The Balaban J connectivity index is 1.56. The van der Waals surface area contributed by atoms with E-state index in [0.717, 1.165) is 28.6 Å². The van der Waals surface area contributed by atoms with Crippen molar-refractivity contribution in [1.82, 2.24) is 15.1 Å². The number of rotatable bonds is 5. The van der Waals surface area contributed by atoms with Crippen LogP contribution in [0, 0.1) is 0 Å². The van der Waals surface area contributed by atoms with Crippen LogP contribution >= 0.6 is 27.3 Å². The van der Waals surface area contributed by atoms with Crippen LogP contribution in [0.25, 0.3) is 11.3 Å². The van der Waals surface area contributed by atoms with Gasteiger partial charge in [-0.05, 0) is 42.5 Å². The first kappa shape index (κ1) is 15.6. The number of carbonyl (C=O) groups excluding carboxylic acids is 1. The number of hydrogen-bond donors (Lipinski definition) is 1. The molecule has 1 aliphatic carbocycles. The van der Waals surface area contributed by atoms with E-state index in [1.54, 1.807) is 11.3 Å². The number of thiophene rings is 1. The molecule has 0 spiro atoms. The third-order valence-electron chi connectivity index (χ3n) is 4.10. The van der Waals surface area contributed by atoms with E-state index in [9.17, 15) is 4.79 Å². The van der Waals surface area contributed by atoms with E-state index in [0.29, 0.717) is 18.3 Å². The molecule has 1 N–H and O–H groups in total. The predicted octanol–water partition coefficient (Wildman–Crippen LogP) is 4.71. The van der Waals surface area contributed by atoms with Crippen molar-refractivity contribution in [3.05, 3.63) is 62.9 Å². The minimum atomic E-state index is 0.0294. The summed E-state index contributed by atoms with van der Waals surface area (Å²) in [5.74, 6) is 0.0294. The zero-order chi connectivity index (χ0) is 16.5. The minimum Gasteiger partial charge on any atom is -0.329 e. The van der Waals surface area contributed by atoms with Crippen LogP contribution in [0.2, 0.25) is 0 Å². The number of nitrogens with zero attached hydrogens (tertiary/aromatic N) is 2. The maximum Gasteiger partial charge on any atom is 0.272 e. The summed E-state index contributed by atoms with van der Waals surface area (Å²) >= 11 is 5.12. The van der Waals surface area contributed by atoms with Crippen LogP contribution in [0.4, 0.5) is 0 Å². The maximum atomic E-state index is 12.9. The summed E-state index contributed by atoms with van der Waals surface area (Å²) in [5, 5.41) is 9.27. The molecule has 2 heterocycles. The van der Waals surface area contributed by atoms with E-state index >= 15 is 0 Å². The van der Waals surface area contributed by atoms with Crippen LogP contribution < -0.4 is 0 Å². The molecule has 1 aliphatic rings. The van der Waals surface area contributed by atoms with Gasteiger partial charge in [-0.1, -0.05) is 34.1 Å². The molecule has 4 rings (SSSR count). The van der Waals surface area contributed by atoms with Crippen molar-refractivity contribution in [3.63, 3.8) is 0 Å². The number of amides is 1. The van der Waals surface area contributed by atoms with Crippen LogP contribution in [-0.4, -0.2) is 27.0 Å². The van der Waals surface area contributed by atoms with E-state index in [1.165, 1.54) is 4.88 Å². The van der Waals surface area contributed by atoms with Gasteiger partial charge in [0.2, 0.25) is 0 Å². The van der Waals surface area contributed by atoms with Gasteiger partial charge in [0, 0.05) is 21.0 Å². The number of aromatic amines is 1. The van der Waals surface area contributed by atoms with E-state index in [2.05, 4.69) is 32.2 Å². The Morgan fingerprint density at radius 3 is 2.75 bits per heavy atom. The second-order valence-electron chi connectivity index (χ2n) is 5.92. The van der Waals surface area contributed by atoms with E-state index in [4.69, 9.17) is 0 Å². The predicted molar refractivity (Wildman–Crippen MR) is 98.9 cm³/mol. The van der Waals surface area contributed by atoms with Crippen LogP contribution in [0.15, 0.2) is 52.3 Å². The summed E-state index contributed by atoms with van der Waals surface area (Å²) in [6.45, 7) is 0.674. The number of hydrogen-bond acceptors (Lipinski definition) is 3. The Kier molecular flexibility index (Phi) is 4.24. The lowest BCUT2D eigenvalue weighted by atomic mass is 10.1. The Labute approximate surface area is 152 Å². The van der Waals surface area contributed by atoms with E-state index in [-0.39, 0.29) is 5.91 Å². The van der Waals surface area contributed by atoms with Crippen molar-refractivity contribution in [3.8, 4) is 11.3 Å². The summed E-state index contributed by atoms with van der Waals surface area (Å²) in [6, 6.07) is 14.2. The van der Waals surface area contributed by atoms with Gasteiger partial charge in [0.05, 0.1) is 12.2 Å². The first-order valence-electron chi connectivity index (χ1n) is 7.85. The molecular weight excluding hydrogens is 386 g/mol. The summed E-state index contributed by atoms with van der Waals surface area (Å²) < 4.78 is 1.02. The highest BCUT2D eigenvalue weighted by Crippen LogP contribution is 2.31. The minimum absolute atomic E-state index is 0.0294. The molecule has 4 nitrogen and oxygen atoms in total. The third kappa shape index (κ3) is 3.30. The highest BCUT2D eigenvalue weighted by Gasteiger charge is 2.34. The van der Waals surface area contributed by atoms with Crippen LogP contribution in [-0.2, 0) is 6.54 Å². The molecule has 2 aromatic heterocycles. The quantitative estimate of drug-likeness (QED) is 0.672. The van der Waals surface area contributed by atoms with Gasteiger partial charge in [0.1, 0.15) is 5.69 Å². The van der Waals surface area contributed by atoms with Gasteiger partial charge in [-0.15, -0.1) is 11.3 Å². The number of H-pyrrole nitrogens is 1. The lowest BCUT2D eigenvalue weighted by molar-refractivity contribution is 0.0725. The monoisotopic (exact) mass is 401 g/mol. The second kappa shape index (κ2) is 6.53. The number of halogens is 1. The number of nitrogens with one attached hydrogen (secondary N) is 1. The van der Waals surface area contributed by atoms with Gasteiger partial charge in [-0.3, -0.25) is 9.89 Å². The van der Waals surface area contributed by atoms with Crippen LogP contribution in [0.1, 0.15) is 28.2 Å². The molecular formula is C18H16BrN3OS. The first-order valence-corrected chi connectivity index (χ1v) is 9.52. The maximum absolute atomic E-state index is 12.9. The molecule has 0 unspecified atom stereocenters. The molecule has 1 aromatic carbocycles. The summed E-state index contributed by atoms with van der Waals surface area (Å²) in [4.78, 5) is 16.1. The standard InChI is InChI=1S/C18H16BrN3OS/c19-13-5-3-12(4-6-13)16-10-17(21-20-16)18(23)22(14-7-8-14)11-15-2-1-9-24-15/h1-6,9-10,14H,7-8,11H2,(H,20,21). The van der Waals surface area contributed by atoms with Gasteiger partial charge in [0.15, 0.2) is 0 Å². The molecule has 1 fully saturated rings. The second-order valence-corrected chi connectivity index (χ2v) is 7.87. The van der Waals surface area contributed by atoms with Crippen molar-refractivity contribution >= 4 is 33.2 Å². The Morgan fingerprint density at radius 2 is 2.08 bits per heavy atom. The Hall–Kier alpha value is -1.92. The molecule has 0 atom stereocenters. The largest absolute Gasteiger partial charge is 0.329 e. The van der Waals surface area contributed by atoms with Crippen molar-refractivity contribution in [1.29, 1.82) is 0 Å². The average Bonchev–Trinajstić information content (AvgIpc) is 3.10. The van der Waals surface area contributed by atoms with Crippen molar-refractivity contribution in [2.45, 2.75) is 25.4 Å². The number of aromatic nitrogens is 2. The summed E-state index contributed by atoms with van der Waals surface area (Å²) in [5.41, 5.74) is 2.33. The van der Waals surface area contributed by atoms with E-state index in [1.807, 2.05) is 46.7 Å². The smallest absolute Gasteiger partial charge is 0.272 e. The molecule has 1 amide bonds. The fraction of sp³-hybridized carbons (Fsp3) is 0.222. The highest BCUT2D eigenvalue weighted by atomic mass is 79.9. The molecule has 1 saturated carbocycles. The Morgan fingerprint density at radius 1 is 1.29 bits per heavy atom. The fourth-order valence-electron chi connectivity index (χ4n) is 2.68. The molecule has 0 saturated heterocycles. The zero-order valence-corrected chi connectivity index (χ0v) is 15.3. The number of benzene rings is 1. The SMILES string of the molecule is O=C(c1cc(-c2ccc(Br)cc2)n[nH]1)N(Cc1cccs1)C1CC1. The van der Waals surface area contributed by atoms with Crippen LogP contribution in [0.5, 0.6) is 0 Å². The lowest BCUT2D eigenvalue weighted by Gasteiger charge is -2.20. The molecule has 6 heteroatoms. The average molecular weight is 402 g/mol. The summed E-state index contributed by atoms with van der Waals surface area (Å²) in [6.07, 6.45) is 2.18. The lowest BCUT2D eigenvalue weighted by Crippen LogP contribution is -2.32. The Bertz CT molecular complexity index is 838. The van der Waals surface area contributed by atoms with E-state index < -0.39 is 0 Å². The molecule has 3 aromatic rings. The summed E-state index contributed by atoms with van der Waals surface area (Å²) in [7, 11) is 0. The van der Waals surface area contributed by atoms with Gasteiger partial charge in [-0.2, -0.15) is 5.10 Å². The topological polar surface area (TPSA) is 49.0 Å². The number of carbonyl (C=O) groups is 1. The molecule has 0 radical (unpaired) electrons. The molecule has 0 bridgehead atoms. The van der Waals surface area contributed by atoms with Gasteiger partial charge in [0.25, 0.3) is 5.91 Å². The van der Waals surface area contributed by atoms with Crippen molar-refractivity contribution in [2.24, 2.45) is 0 Å². The molecule has 0 aliphatic heterocycles. The zero-order valence-electron chi connectivity index (χ0n) is 12.9. The molecule has 122 valence electrons. The third-order valence-corrected chi connectivity index (χ3v) is 5.49. The normalized spacial score (nSPS) is 13.9. The molecule has 24 heavy (non-hydrogen) atoms. The van der Waals surface area contributed by atoms with Gasteiger partial charge in [-0.25, -0.2) is 0 Å². The van der Waals surface area contributed by atoms with Gasteiger partial charge < -0.3 is 4.90 Å². The van der Waals surface area contributed by atoms with Crippen LogP contribution in [0.3, 0.4) is 0 Å².